The van der Waals surface area contributed by atoms with E-state index in [0.29, 0.717) is 5.56 Å². The van der Waals surface area contributed by atoms with Gasteiger partial charge in [-0.15, -0.1) is 0 Å². The van der Waals surface area contributed by atoms with Crippen molar-refractivity contribution in [1.82, 2.24) is 0 Å². The van der Waals surface area contributed by atoms with Gasteiger partial charge in [-0.25, -0.2) is 0 Å². The third-order valence-corrected chi connectivity index (χ3v) is 2.90. The molecule has 3 heteroatoms. The number of rotatable bonds is 4. The fourth-order valence-electron chi connectivity index (χ4n) is 1.86. The Morgan fingerprint density at radius 1 is 0.944 bits per heavy atom. The van der Waals surface area contributed by atoms with Crippen LogP contribution in [-0.2, 0) is 4.79 Å². The third-order valence-electron chi connectivity index (χ3n) is 2.90. The molecule has 3 nitrogen and oxygen atoms in total. The molecule has 92 valence electrons. The lowest BCUT2D eigenvalue weighted by molar-refractivity contribution is -0.139. The van der Waals surface area contributed by atoms with E-state index in [2.05, 4.69) is 0 Å². The van der Waals surface area contributed by atoms with Crippen LogP contribution in [0.5, 0.6) is 0 Å². The summed E-state index contributed by atoms with van der Waals surface area (Å²) < 4.78 is 0. The largest absolute Gasteiger partial charge is 0.481 e. The molecule has 0 saturated heterocycles. The van der Waals surface area contributed by atoms with Crippen molar-refractivity contribution in [2.24, 2.45) is 0 Å². The van der Waals surface area contributed by atoms with Crippen molar-refractivity contribution < 1.29 is 15.0 Å². The highest BCUT2D eigenvalue weighted by Gasteiger charge is 2.18. The number of hydrogen-bond acceptors (Lipinski definition) is 2. The van der Waals surface area contributed by atoms with Crippen LogP contribution in [0.3, 0.4) is 0 Å². The van der Waals surface area contributed by atoms with Crippen LogP contribution in [0.1, 0.15) is 11.5 Å². The zero-order valence-electron chi connectivity index (χ0n) is 9.78. The zero-order valence-corrected chi connectivity index (χ0v) is 9.78. The molecule has 2 N–H and O–H groups in total. The molecule has 0 aliphatic rings. The summed E-state index contributed by atoms with van der Waals surface area (Å²) in [6.07, 6.45) is 0. The number of aliphatic carboxylic acids is 1. The molecule has 2 aromatic carbocycles. The molecule has 0 saturated carbocycles. The van der Waals surface area contributed by atoms with E-state index in [0.717, 1.165) is 11.1 Å². The molecule has 18 heavy (non-hydrogen) atoms. The summed E-state index contributed by atoms with van der Waals surface area (Å²) in [5.74, 6) is -1.86. The van der Waals surface area contributed by atoms with E-state index < -0.39 is 11.9 Å². The molecule has 0 amide bonds. The molecule has 0 heterocycles. The standard InChI is InChI=1S/C15H14O3/c16-10-14(15(17)18)13-8-6-12(7-9-13)11-4-2-1-3-5-11/h1-9,14,16H,10H2,(H,17,18)/t14-/m0/s1. The highest BCUT2D eigenvalue weighted by molar-refractivity contribution is 5.76. The van der Waals surface area contributed by atoms with E-state index >= 15 is 0 Å². The summed E-state index contributed by atoms with van der Waals surface area (Å²) in [4.78, 5) is 10.9. The monoisotopic (exact) mass is 242 g/mol. The lowest BCUT2D eigenvalue weighted by Gasteiger charge is -2.10. The van der Waals surface area contributed by atoms with Crippen LogP contribution in [0, 0.1) is 0 Å². The molecular weight excluding hydrogens is 228 g/mol. The van der Waals surface area contributed by atoms with Crippen LogP contribution in [0.25, 0.3) is 11.1 Å². The SMILES string of the molecule is O=C(O)[C@@H](CO)c1ccc(-c2ccccc2)cc1. The average molecular weight is 242 g/mol. The Hall–Kier alpha value is -2.13. The lowest BCUT2D eigenvalue weighted by Crippen LogP contribution is -2.15. The first kappa shape index (κ1) is 12.3. The predicted molar refractivity (Wildman–Crippen MR) is 69.3 cm³/mol. The number of carboxylic acid groups (broad SMARTS) is 1. The fourth-order valence-corrected chi connectivity index (χ4v) is 1.86. The Labute approximate surface area is 105 Å². The first-order chi connectivity index (χ1) is 8.72. The van der Waals surface area contributed by atoms with Gasteiger partial charge in [0.1, 0.15) is 5.92 Å². The Bertz CT molecular complexity index is 517. The molecule has 2 aromatic rings. The summed E-state index contributed by atoms with van der Waals surface area (Å²) in [7, 11) is 0. The van der Waals surface area contributed by atoms with Crippen molar-refractivity contribution in [2.75, 3.05) is 6.61 Å². The predicted octanol–water partition coefficient (Wildman–Crippen LogP) is 2.51. The Balaban J connectivity index is 2.28. The summed E-state index contributed by atoms with van der Waals surface area (Å²) >= 11 is 0. The van der Waals surface area contributed by atoms with Crippen LogP contribution in [0.4, 0.5) is 0 Å². The van der Waals surface area contributed by atoms with Crippen molar-refractivity contribution in [2.45, 2.75) is 5.92 Å². The second kappa shape index (κ2) is 5.47. The molecule has 0 aliphatic carbocycles. The molecular formula is C15H14O3. The molecule has 0 aliphatic heterocycles. The molecule has 0 fully saturated rings. The Morgan fingerprint density at radius 2 is 1.50 bits per heavy atom. The van der Waals surface area contributed by atoms with E-state index in [1.807, 2.05) is 42.5 Å². The maximum Gasteiger partial charge on any atom is 0.313 e. The first-order valence-electron chi connectivity index (χ1n) is 5.71. The summed E-state index contributed by atoms with van der Waals surface area (Å²) in [5.41, 5.74) is 2.73. The number of benzene rings is 2. The van der Waals surface area contributed by atoms with Gasteiger partial charge in [0.25, 0.3) is 0 Å². The van der Waals surface area contributed by atoms with E-state index in [9.17, 15) is 4.79 Å². The van der Waals surface area contributed by atoms with Crippen molar-refractivity contribution in [3.05, 3.63) is 60.2 Å². The van der Waals surface area contributed by atoms with Crippen LogP contribution in [0.15, 0.2) is 54.6 Å². The average Bonchev–Trinajstić information content (AvgIpc) is 2.41. The van der Waals surface area contributed by atoms with Crippen LogP contribution < -0.4 is 0 Å². The van der Waals surface area contributed by atoms with Crippen LogP contribution in [-0.4, -0.2) is 22.8 Å². The topological polar surface area (TPSA) is 57.5 Å². The lowest BCUT2D eigenvalue weighted by atomic mass is 9.97. The van der Waals surface area contributed by atoms with Gasteiger partial charge in [-0.3, -0.25) is 4.79 Å². The molecule has 0 spiro atoms. The molecule has 0 bridgehead atoms. The van der Waals surface area contributed by atoms with Crippen molar-refractivity contribution in [1.29, 1.82) is 0 Å². The van der Waals surface area contributed by atoms with Crippen molar-refractivity contribution in [3.63, 3.8) is 0 Å². The summed E-state index contributed by atoms with van der Waals surface area (Å²) in [6, 6.07) is 17.1. The number of aliphatic hydroxyl groups is 1. The molecule has 0 unspecified atom stereocenters. The quantitative estimate of drug-likeness (QED) is 0.866. The van der Waals surface area contributed by atoms with E-state index in [1.165, 1.54) is 0 Å². The van der Waals surface area contributed by atoms with E-state index in [4.69, 9.17) is 10.2 Å². The van der Waals surface area contributed by atoms with Gasteiger partial charge in [0.2, 0.25) is 0 Å². The fraction of sp³-hybridized carbons (Fsp3) is 0.133. The maximum atomic E-state index is 10.9. The van der Waals surface area contributed by atoms with Gasteiger partial charge in [-0.2, -0.15) is 0 Å². The smallest absolute Gasteiger partial charge is 0.313 e. The van der Waals surface area contributed by atoms with Crippen molar-refractivity contribution in [3.8, 4) is 11.1 Å². The number of carboxylic acids is 1. The van der Waals surface area contributed by atoms with E-state index in [1.54, 1.807) is 12.1 Å². The molecule has 0 aromatic heterocycles. The minimum atomic E-state index is -1.01. The van der Waals surface area contributed by atoms with E-state index in [-0.39, 0.29) is 6.61 Å². The number of hydrogen-bond donors (Lipinski definition) is 2. The third kappa shape index (κ3) is 2.57. The Morgan fingerprint density at radius 3 is 2.00 bits per heavy atom. The normalized spacial score (nSPS) is 12.1. The second-order valence-corrected chi connectivity index (χ2v) is 4.06. The van der Waals surface area contributed by atoms with Crippen LogP contribution in [0.2, 0.25) is 0 Å². The number of carbonyl (C=O) groups is 1. The highest BCUT2D eigenvalue weighted by atomic mass is 16.4. The number of aliphatic hydroxyl groups excluding tert-OH is 1. The van der Waals surface area contributed by atoms with Crippen LogP contribution >= 0.6 is 0 Å². The Kier molecular flexibility index (Phi) is 3.75. The van der Waals surface area contributed by atoms with Gasteiger partial charge in [0, 0.05) is 0 Å². The molecule has 1 atom stereocenters. The minimum Gasteiger partial charge on any atom is -0.481 e. The van der Waals surface area contributed by atoms with Gasteiger partial charge in [0.05, 0.1) is 6.61 Å². The molecule has 2 rings (SSSR count). The zero-order chi connectivity index (χ0) is 13.0. The van der Waals surface area contributed by atoms with Gasteiger partial charge in [-0.05, 0) is 16.7 Å². The highest BCUT2D eigenvalue weighted by Crippen LogP contribution is 2.22. The second-order valence-electron chi connectivity index (χ2n) is 4.06. The summed E-state index contributed by atoms with van der Waals surface area (Å²) in [5, 5.41) is 18.0. The van der Waals surface area contributed by atoms with Crippen molar-refractivity contribution >= 4 is 5.97 Å². The van der Waals surface area contributed by atoms with Gasteiger partial charge in [0.15, 0.2) is 0 Å². The van der Waals surface area contributed by atoms with Gasteiger partial charge < -0.3 is 10.2 Å². The van der Waals surface area contributed by atoms with Gasteiger partial charge >= 0.3 is 5.97 Å². The maximum absolute atomic E-state index is 10.9. The summed E-state index contributed by atoms with van der Waals surface area (Å²) in [6.45, 7) is -0.389. The van der Waals surface area contributed by atoms with Gasteiger partial charge in [-0.1, -0.05) is 54.6 Å². The molecule has 0 radical (unpaired) electrons. The minimum absolute atomic E-state index is 0.389. The first-order valence-corrected chi connectivity index (χ1v) is 5.71.